The lowest BCUT2D eigenvalue weighted by Gasteiger charge is -2.35. The van der Waals surface area contributed by atoms with Gasteiger partial charge in [0.1, 0.15) is 11.2 Å². The highest BCUT2D eigenvalue weighted by Gasteiger charge is 2.32. The average molecular weight is 322 g/mol. The number of hydrogen-bond donors (Lipinski definition) is 1. The lowest BCUT2D eigenvalue weighted by atomic mass is 10.3. The van der Waals surface area contributed by atoms with E-state index in [0.29, 0.717) is 28.8 Å². The predicted molar refractivity (Wildman–Crippen MR) is 80.4 cm³/mol. The summed E-state index contributed by atoms with van der Waals surface area (Å²) in [6, 6.07) is 3.46. The molecule has 106 valence electrons. The third kappa shape index (κ3) is 3.34. The fourth-order valence-corrected chi connectivity index (χ4v) is 4.98. The predicted octanol–water partition coefficient (Wildman–Crippen LogP) is 1.12. The van der Waals surface area contributed by atoms with Gasteiger partial charge in [0.05, 0.1) is 10.7 Å². The van der Waals surface area contributed by atoms with Crippen molar-refractivity contribution in [1.29, 1.82) is 0 Å². The third-order valence-electron chi connectivity index (χ3n) is 2.97. The molecule has 0 radical (unpaired) electrons. The molecule has 19 heavy (non-hydrogen) atoms. The summed E-state index contributed by atoms with van der Waals surface area (Å²) < 4.78 is 23.7. The van der Waals surface area contributed by atoms with Crippen LogP contribution in [-0.4, -0.2) is 43.1 Å². The van der Waals surface area contributed by atoms with Crippen LogP contribution in [0.25, 0.3) is 0 Å². The zero-order chi connectivity index (χ0) is 14.0. The second kappa shape index (κ2) is 5.87. The van der Waals surface area contributed by atoms with Crippen molar-refractivity contribution in [3.63, 3.8) is 0 Å². The minimum Gasteiger partial charge on any atom is -0.338 e. The normalized spacial score (nSPS) is 20.6. The number of anilines is 1. The van der Waals surface area contributed by atoms with Crippen LogP contribution in [0.15, 0.2) is 12.1 Å². The summed E-state index contributed by atoms with van der Waals surface area (Å²) >= 11 is 7.62. The van der Waals surface area contributed by atoms with E-state index in [1.54, 1.807) is 23.9 Å². The van der Waals surface area contributed by atoms with Crippen molar-refractivity contribution in [1.82, 2.24) is 4.98 Å². The van der Waals surface area contributed by atoms with Crippen molar-refractivity contribution in [2.45, 2.75) is 11.9 Å². The van der Waals surface area contributed by atoms with Gasteiger partial charge in [0.15, 0.2) is 9.84 Å². The molecular weight excluding hydrogens is 306 g/mol. The van der Waals surface area contributed by atoms with Gasteiger partial charge in [-0.1, -0.05) is 11.6 Å². The van der Waals surface area contributed by atoms with E-state index in [2.05, 4.69) is 4.98 Å². The van der Waals surface area contributed by atoms with E-state index in [9.17, 15) is 8.42 Å². The van der Waals surface area contributed by atoms with Gasteiger partial charge in [0.2, 0.25) is 0 Å². The molecule has 0 aromatic carbocycles. The fourth-order valence-electron chi connectivity index (χ4n) is 1.97. The number of nitrogens with two attached hydrogens (primary N) is 1. The van der Waals surface area contributed by atoms with Crippen molar-refractivity contribution in [2.75, 3.05) is 29.2 Å². The quantitative estimate of drug-likeness (QED) is 0.899. The summed E-state index contributed by atoms with van der Waals surface area (Å²) in [5.74, 6) is 2.07. The topological polar surface area (TPSA) is 76.3 Å². The largest absolute Gasteiger partial charge is 0.338 e. The summed E-state index contributed by atoms with van der Waals surface area (Å²) in [5, 5.41) is -0.0286. The molecule has 0 saturated carbocycles. The molecule has 0 spiro atoms. The first-order valence-electron chi connectivity index (χ1n) is 5.82. The maximum atomic E-state index is 11.9. The van der Waals surface area contributed by atoms with Crippen molar-refractivity contribution < 1.29 is 8.42 Å². The monoisotopic (exact) mass is 321 g/mol. The van der Waals surface area contributed by atoms with Crippen LogP contribution >= 0.6 is 23.4 Å². The minimum absolute atomic E-state index is 0.235. The Morgan fingerprint density at radius 2 is 2.32 bits per heavy atom. The summed E-state index contributed by atoms with van der Waals surface area (Å²) in [5.41, 5.74) is 6.17. The van der Waals surface area contributed by atoms with Gasteiger partial charge in [-0.25, -0.2) is 13.4 Å². The number of sulfone groups is 1. The molecule has 1 unspecified atom stereocenters. The second-order valence-corrected chi connectivity index (χ2v) is 8.11. The molecule has 1 aliphatic rings. The highest BCUT2D eigenvalue weighted by atomic mass is 35.5. The molecule has 1 aromatic heterocycles. The van der Waals surface area contributed by atoms with Crippen molar-refractivity contribution >= 4 is 39.0 Å². The molecule has 8 heteroatoms. The molecule has 2 rings (SSSR count). The molecule has 0 aliphatic carbocycles. The van der Waals surface area contributed by atoms with Gasteiger partial charge in [-0.3, -0.25) is 0 Å². The highest BCUT2D eigenvalue weighted by Crippen LogP contribution is 2.27. The average Bonchev–Trinajstić information content (AvgIpc) is 2.38. The first-order valence-corrected chi connectivity index (χ1v) is 9.31. The van der Waals surface area contributed by atoms with Crippen LogP contribution < -0.4 is 10.6 Å². The Morgan fingerprint density at radius 3 is 2.95 bits per heavy atom. The Hall–Kier alpha value is -0.500. The molecule has 1 aromatic rings. The maximum Gasteiger partial charge on any atom is 0.169 e. The summed E-state index contributed by atoms with van der Waals surface area (Å²) in [6.45, 7) is 0.889. The number of hydrogen-bond acceptors (Lipinski definition) is 6. The maximum absolute atomic E-state index is 11.9. The van der Waals surface area contributed by atoms with Gasteiger partial charge in [-0.15, -0.1) is 0 Å². The Labute approximate surface area is 122 Å². The summed E-state index contributed by atoms with van der Waals surface area (Å²) in [7, 11) is -3.15. The number of halogens is 1. The van der Waals surface area contributed by atoms with Gasteiger partial charge in [0.25, 0.3) is 0 Å². The fraction of sp³-hybridized carbons (Fsp3) is 0.545. The minimum atomic E-state index is -3.15. The van der Waals surface area contributed by atoms with Gasteiger partial charge in [-0.2, -0.15) is 11.8 Å². The van der Waals surface area contributed by atoms with Crippen LogP contribution in [-0.2, 0) is 16.4 Å². The van der Waals surface area contributed by atoms with E-state index in [0.717, 1.165) is 5.75 Å². The van der Waals surface area contributed by atoms with E-state index in [1.165, 1.54) is 6.26 Å². The highest BCUT2D eigenvalue weighted by molar-refractivity contribution is 8.01. The van der Waals surface area contributed by atoms with Crippen molar-refractivity contribution in [2.24, 2.45) is 5.73 Å². The Morgan fingerprint density at radius 1 is 1.58 bits per heavy atom. The SMILES string of the molecule is CS(=O)(=O)C1CSCCN1c1ccc(Cl)c(CN)n1. The molecule has 0 amide bonds. The van der Waals surface area contributed by atoms with Gasteiger partial charge >= 0.3 is 0 Å². The molecule has 1 atom stereocenters. The lowest BCUT2D eigenvalue weighted by molar-refractivity contribution is 0.583. The van der Waals surface area contributed by atoms with Crippen LogP contribution in [0.1, 0.15) is 5.69 Å². The van der Waals surface area contributed by atoms with E-state index in [1.807, 2.05) is 4.90 Å². The lowest BCUT2D eigenvalue weighted by Crippen LogP contribution is -2.47. The van der Waals surface area contributed by atoms with E-state index < -0.39 is 15.2 Å². The van der Waals surface area contributed by atoms with Crippen LogP contribution in [0.3, 0.4) is 0 Å². The van der Waals surface area contributed by atoms with E-state index in [-0.39, 0.29) is 6.54 Å². The van der Waals surface area contributed by atoms with Crippen molar-refractivity contribution in [3.05, 3.63) is 22.8 Å². The van der Waals surface area contributed by atoms with E-state index in [4.69, 9.17) is 17.3 Å². The second-order valence-electron chi connectivity index (χ2n) is 4.35. The zero-order valence-electron chi connectivity index (χ0n) is 10.5. The Bertz CT molecular complexity index is 565. The molecule has 1 saturated heterocycles. The van der Waals surface area contributed by atoms with Crippen LogP contribution in [0.4, 0.5) is 5.82 Å². The van der Waals surface area contributed by atoms with Crippen LogP contribution in [0, 0.1) is 0 Å². The molecule has 2 heterocycles. The number of aromatic nitrogens is 1. The number of nitrogens with zero attached hydrogens (tertiary/aromatic N) is 2. The number of rotatable bonds is 3. The van der Waals surface area contributed by atoms with Gasteiger partial charge < -0.3 is 10.6 Å². The van der Waals surface area contributed by atoms with Crippen LogP contribution in [0.5, 0.6) is 0 Å². The Balaban J connectivity index is 2.38. The first-order chi connectivity index (χ1) is 8.93. The molecular formula is C11H16ClN3O2S2. The van der Waals surface area contributed by atoms with E-state index >= 15 is 0 Å². The third-order valence-corrected chi connectivity index (χ3v) is 5.96. The summed E-state index contributed by atoms with van der Waals surface area (Å²) in [4.78, 5) is 6.19. The van der Waals surface area contributed by atoms with Gasteiger partial charge in [0, 0.05) is 30.9 Å². The molecule has 1 aliphatic heterocycles. The molecule has 5 nitrogen and oxygen atoms in total. The standard InChI is InChI=1S/C11H16ClN3O2S2/c1-19(16,17)11-7-18-5-4-15(11)10-3-2-8(12)9(6-13)14-10/h2-3,11H,4-7,13H2,1H3. The molecule has 2 N–H and O–H groups in total. The Kier molecular flexibility index (Phi) is 4.60. The number of pyridine rings is 1. The summed E-state index contributed by atoms with van der Waals surface area (Å²) in [6.07, 6.45) is 1.26. The number of thioether (sulfide) groups is 1. The zero-order valence-corrected chi connectivity index (χ0v) is 12.9. The van der Waals surface area contributed by atoms with Crippen molar-refractivity contribution in [3.8, 4) is 0 Å². The van der Waals surface area contributed by atoms with Crippen LogP contribution in [0.2, 0.25) is 5.02 Å². The molecule has 0 bridgehead atoms. The van der Waals surface area contributed by atoms with Gasteiger partial charge in [-0.05, 0) is 12.1 Å². The smallest absolute Gasteiger partial charge is 0.169 e. The molecule has 1 fully saturated rings. The first kappa shape index (κ1) is 14.9.